The molecule has 2 aliphatic heterocycles. The van der Waals surface area contributed by atoms with E-state index in [9.17, 15) is 31.1 Å². The molecule has 2 aliphatic rings. The van der Waals surface area contributed by atoms with Crippen LogP contribution in [-0.4, -0.2) is 59.3 Å². The number of nitrogens with two attached hydrogens (primary N) is 1. The largest absolute Gasteiger partial charge is 0.490 e. The number of aromatic nitrogens is 2. The Bertz CT molecular complexity index is 1160. The number of hydrogen-bond donors (Lipinski definition) is 2. The van der Waals surface area contributed by atoms with Gasteiger partial charge >= 0.3 is 18.3 Å². The van der Waals surface area contributed by atoms with Gasteiger partial charge in [-0.2, -0.15) is 26.3 Å². The molecule has 1 aromatic carbocycles. The van der Waals surface area contributed by atoms with Crippen LogP contribution in [0.15, 0.2) is 24.4 Å². The molecule has 0 spiro atoms. The lowest BCUT2D eigenvalue weighted by atomic mass is 10.1. The first-order valence-corrected chi connectivity index (χ1v) is 11.4. The van der Waals surface area contributed by atoms with Crippen molar-refractivity contribution in [3.63, 3.8) is 0 Å². The highest BCUT2D eigenvalue weighted by Gasteiger charge is 2.38. The van der Waals surface area contributed by atoms with Crippen molar-refractivity contribution in [2.45, 2.75) is 31.6 Å². The molecule has 4 rings (SSSR count). The summed E-state index contributed by atoms with van der Waals surface area (Å²) in [4.78, 5) is 33.9. The summed E-state index contributed by atoms with van der Waals surface area (Å²) in [5.74, 6) is -1.56. The molecule has 1 unspecified atom stereocenters. The lowest BCUT2D eigenvalue weighted by Gasteiger charge is -2.25. The molecule has 1 aromatic heterocycles. The summed E-state index contributed by atoms with van der Waals surface area (Å²) in [5, 5.41) is 6.72. The lowest BCUT2D eigenvalue weighted by molar-refractivity contribution is -0.192. The molecule has 1 amide bonds. The van der Waals surface area contributed by atoms with Gasteiger partial charge in [0.25, 0.3) is 0 Å². The highest BCUT2D eigenvalue weighted by molar-refractivity contribution is 6.31. The summed E-state index contributed by atoms with van der Waals surface area (Å²) in [6.07, 6.45) is -5.90. The fourth-order valence-electron chi connectivity index (χ4n) is 3.93. The van der Waals surface area contributed by atoms with E-state index in [1.807, 2.05) is 0 Å². The fourth-order valence-corrected chi connectivity index (χ4v) is 4.22. The molecule has 3 N–H and O–H groups in total. The monoisotopic (exact) mass is 553 g/mol. The second-order valence-electron chi connectivity index (χ2n) is 8.38. The van der Waals surface area contributed by atoms with E-state index in [2.05, 4.69) is 14.9 Å². The molecular weight excluding hydrogens is 532 g/mol. The van der Waals surface area contributed by atoms with Crippen LogP contribution in [0, 0.1) is 5.92 Å². The number of carbonyl (C=O) groups excluding carboxylic acids is 1. The minimum atomic E-state index is -5.08. The van der Waals surface area contributed by atoms with Crippen molar-refractivity contribution in [1.82, 2.24) is 9.97 Å². The van der Waals surface area contributed by atoms with Crippen molar-refractivity contribution >= 4 is 35.0 Å². The third-order valence-electron chi connectivity index (χ3n) is 5.81. The molecule has 2 saturated heterocycles. The molecule has 3 heterocycles. The average molecular weight is 554 g/mol. The Balaban J connectivity index is 0.000000479. The predicted molar refractivity (Wildman–Crippen MR) is 122 cm³/mol. The molecule has 0 aliphatic carbocycles. The summed E-state index contributed by atoms with van der Waals surface area (Å²) >= 11 is 5.87. The van der Waals surface area contributed by atoms with E-state index >= 15 is 0 Å². The molecule has 202 valence electrons. The molecule has 0 bridgehead atoms. The van der Waals surface area contributed by atoms with Gasteiger partial charge in [0.05, 0.1) is 16.8 Å². The smallest absolute Gasteiger partial charge is 0.475 e. The third kappa shape index (κ3) is 6.80. The van der Waals surface area contributed by atoms with Crippen LogP contribution in [0.5, 0.6) is 0 Å². The summed E-state index contributed by atoms with van der Waals surface area (Å²) in [7, 11) is 0. The maximum atomic E-state index is 13.0. The van der Waals surface area contributed by atoms with Gasteiger partial charge in [0.2, 0.25) is 5.91 Å². The number of benzene rings is 1. The van der Waals surface area contributed by atoms with Crippen molar-refractivity contribution in [1.29, 1.82) is 0 Å². The molecule has 0 radical (unpaired) electrons. The number of halogens is 7. The van der Waals surface area contributed by atoms with Crippen molar-refractivity contribution in [3.8, 4) is 11.4 Å². The highest BCUT2D eigenvalue weighted by Crippen LogP contribution is 2.38. The molecule has 0 saturated carbocycles. The first-order valence-electron chi connectivity index (χ1n) is 11.0. The van der Waals surface area contributed by atoms with E-state index in [0.717, 1.165) is 25.5 Å². The lowest BCUT2D eigenvalue weighted by Crippen LogP contribution is -2.30. The number of carboxylic acid groups (broad SMARTS) is 1. The Morgan fingerprint density at radius 1 is 1.19 bits per heavy atom. The van der Waals surface area contributed by atoms with Crippen LogP contribution < -0.4 is 15.5 Å². The zero-order chi connectivity index (χ0) is 27.5. The van der Waals surface area contributed by atoms with E-state index in [0.29, 0.717) is 49.0 Å². The number of amides is 1. The van der Waals surface area contributed by atoms with Gasteiger partial charge in [0.1, 0.15) is 5.69 Å². The summed E-state index contributed by atoms with van der Waals surface area (Å²) in [6, 6.07) is 3.46. The molecule has 8 nitrogen and oxygen atoms in total. The number of rotatable bonds is 4. The van der Waals surface area contributed by atoms with Gasteiger partial charge in [0, 0.05) is 31.6 Å². The van der Waals surface area contributed by atoms with Crippen LogP contribution in [0.4, 0.5) is 37.8 Å². The van der Waals surface area contributed by atoms with Gasteiger partial charge in [-0.15, -0.1) is 0 Å². The molecule has 2 fully saturated rings. The van der Waals surface area contributed by atoms with Crippen LogP contribution in [0.2, 0.25) is 5.02 Å². The topological polar surface area (TPSA) is 113 Å². The third-order valence-corrected chi connectivity index (χ3v) is 6.12. The van der Waals surface area contributed by atoms with Crippen LogP contribution in [0.1, 0.15) is 24.8 Å². The van der Waals surface area contributed by atoms with Gasteiger partial charge in [-0.05, 0) is 37.4 Å². The maximum Gasteiger partial charge on any atom is 0.490 e. The number of aliphatic carboxylic acids is 1. The van der Waals surface area contributed by atoms with Crippen molar-refractivity contribution < 1.29 is 41.0 Å². The predicted octanol–water partition coefficient (Wildman–Crippen LogP) is 4.36. The SMILES string of the molecule is NCC1CCN(c2nc(-c3ccc(C(F)(F)F)c(Cl)c3)ncc2N2CCCC2=O)C1.O=C(O)C(F)(F)F. The fraction of sp³-hybridized carbons (Fsp3) is 0.455. The van der Waals surface area contributed by atoms with Gasteiger partial charge in [-0.25, -0.2) is 14.8 Å². The Hall–Kier alpha value is -3.13. The molecule has 1 atom stereocenters. The Morgan fingerprint density at radius 2 is 1.86 bits per heavy atom. The quantitative estimate of drug-likeness (QED) is 0.541. The normalized spacial score (nSPS) is 18.2. The van der Waals surface area contributed by atoms with E-state index in [1.54, 1.807) is 11.1 Å². The van der Waals surface area contributed by atoms with Crippen LogP contribution in [-0.2, 0) is 15.8 Å². The van der Waals surface area contributed by atoms with E-state index in [-0.39, 0.29) is 11.7 Å². The van der Waals surface area contributed by atoms with Crippen molar-refractivity contribution in [3.05, 3.63) is 35.0 Å². The van der Waals surface area contributed by atoms with Crippen LogP contribution >= 0.6 is 11.6 Å². The Morgan fingerprint density at radius 3 is 2.35 bits per heavy atom. The number of carboxylic acids is 1. The minimum absolute atomic E-state index is 0.0137. The first kappa shape index (κ1) is 28.4. The highest BCUT2D eigenvalue weighted by atomic mass is 35.5. The Kier molecular flexibility index (Phi) is 8.52. The van der Waals surface area contributed by atoms with Gasteiger partial charge in [-0.3, -0.25) is 4.79 Å². The van der Waals surface area contributed by atoms with Gasteiger partial charge in [-0.1, -0.05) is 17.7 Å². The molecule has 2 aromatic rings. The van der Waals surface area contributed by atoms with E-state index in [4.69, 9.17) is 27.2 Å². The summed E-state index contributed by atoms with van der Waals surface area (Å²) in [6.45, 7) is 2.59. The average Bonchev–Trinajstić information content (AvgIpc) is 3.46. The second-order valence-corrected chi connectivity index (χ2v) is 8.79. The van der Waals surface area contributed by atoms with Gasteiger partial charge in [0.15, 0.2) is 11.6 Å². The summed E-state index contributed by atoms with van der Waals surface area (Å²) in [5.41, 5.74) is 5.91. The number of anilines is 2. The number of alkyl halides is 6. The summed E-state index contributed by atoms with van der Waals surface area (Å²) < 4.78 is 70.8. The Labute approximate surface area is 212 Å². The van der Waals surface area contributed by atoms with Crippen molar-refractivity contribution in [2.75, 3.05) is 36.0 Å². The first-order chi connectivity index (χ1) is 17.2. The molecule has 15 heteroatoms. The minimum Gasteiger partial charge on any atom is -0.475 e. The van der Waals surface area contributed by atoms with E-state index in [1.165, 1.54) is 12.1 Å². The van der Waals surface area contributed by atoms with E-state index < -0.39 is 28.9 Å². The number of hydrogen-bond acceptors (Lipinski definition) is 6. The molecular formula is C22H22ClF6N5O3. The zero-order valence-corrected chi connectivity index (χ0v) is 19.9. The van der Waals surface area contributed by atoms with Crippen LogP contribution in [0.3, 0.4) is 0 Å². The van der Waals surface area contributed by atoms with Crippen LogP contribution in [0.25, 0.3) is 11.4 Å². The number of nitrogens with zero attached hydrogens (tertiary/aromatic N) is 4. The maximum absolute atomic E-state index is 13.0. The zero-order valence-electron chi connectivity index (χ0n) is 19.1. The number of carbonyl (C=O) groups is 2. The molecule has 37 heavy (non-hydrogen) atoms. The standard InChI is InChI=1S/C20H21ClF3N5O.C2HF3O2/c21-15-8-13(3-4-14(15)20(22,23)24)18-26-10-16(29-6-1-2-17(29)30)19(27-18)28-7-5-12(9-25)11-28;3-2(4,5)1(6)7/h3-4,8,10,12H,1-2,5-7,9,11,25H2;(H,6,7). The van der Waals surface area contributed by atoms with Crippen molar-refractivity contribution in [2.24, 2.45) is 11.7 Å². The van der Waals surface area contributed by atoms with Gasteiger partial charge < -0.3 is 20.6 Å². The second kappa shape index (κ2) is 11.1.